The van der Waals surface area contributed by atoms with Crippen LogP contribution in [-0.4, -0.2) is 25.8 Å². The van der Waals surface area contributed by atoms with Crippen molar-refractivity contribution in [1.82, 2.24) is 5.32 Å². The maximum Gasteiger partial charge on any atom is 0.0575 e. The van der Waals surface area contributed by atoms with Gasteiger partial charge >= 0.3 is 0 Å². The Kier molecular flexibility index (Phi) is 7.06. The van der Waals surface area contributed by atoms with Crippen LogP contribution in [0.3, 0.4) is 0 Å². The highest BCUT2D eigenvalue weighted by atomic mass is 16.5. The molecule has 2 nitrogen and oxygen atoms in total. The second-order valence-corrected chi connectivity index (χ2v) is 4.23. The second-order valence-electron chi connectivity index (χ2n) is 4.23. The molecule has 0 aromatic rings. The summed E-state index contributed by atoms with van der Waals surface area (Å²) in [5.74, 6) is 0. The van der Waals surface area contributed by atoms with Crippen molar-refractivity contribution in [2.24, 2.45) is 0 Å². The Labute approximate surface area is 88.4 Å². The number of nitrogens with one attached hydrogen (secondary N) is 1. The molecule has 1 rings (SSSR count). The van der Waals surface area contributed by atoms with Gasteiger partial charge in [-0.3, -0.25) is 0 Å². The topological polar surface area (TPSA) is 21.3 Å². The standard InChI is InChI=1S/C12H25NO/c1-2-9-13-10-4-3-5-11-14-12-7-6-8-12/h12-13H,2-11H2,1H3. The molecule has 1 aliphatic carbocycles. The van der Waals surface area contributed by atoms with Gasteiger partial charge in [0.05, 0.1) is 6.10 Å². The molecule has 0 bridgehead atoms. The van der Waals surface area contributed by atoms with Crippen LogP contribution < -0.4 is 5.32 Å². The maximum atomic E-state index is 5.69. The average molecular weight is 199 g/mol. The Morgan fingerprint density at radius 2 is 2.00 bits per heavy atom. The maximum absolute atomic E-state index is 5.69. The van der Waals surface area contributed by atoms with Crippen LogP contribution in [-0.2, 0) is 4.74 Å². The lowest BCUT2D eigenvalue weighted by Gasteiger charge is -2.25. The molecule has 0 aliphatic heterocycles. The fourth-order valence-corrected chi connectivity index (χ4v) is 1.62. The van der Waals surface area contributed by atoms with E-state index in [9.17, 15) is 0 Å². The Bertz CT molecular complexity index is 123. The van der Waals surface area contributed by atoms with Gasteiger partial charge in [0.15, 0.2) is 0 Å². The van der Waals surface area contributed by atoms with Crippen LogP contribution in [0.4, 0.5) is 0 Å². The fraction of sp³-hybridized carbons (Fsp3) is 1.00. The minimum atomic E-state index is 0.619. The molecule has 0 spiro atoms. The van der Waals surface area contributed by atoms with Gasteiger partial charge in [-0.1, -0.05) is 6.92 Å². The van der Waals surface area contributed by atoms with Crippen LogP contribution in [0.5, 0.6) is 0 Å². The molecular weight excluding hydrogens is 174 g/mol. The van der Waals surface area contributed by atoms with Crippen LogP contribution in [0.2, 0.25) is 0 Å². The van der Waals surface area contributed by atoms with Gasteiger partial charge in [-0.2, -0.15) is 0 Å². The predicted molar refractivity (Wildman–Crippen MR) is 60.6 cm³/mol. The second kappa shape index (κ2) is 8.25. The summed E-state index contributed by atoms with van der Waals surface area (Å²) in [4.78, 5) is 0. The van der Waals surface area contributed by atoms with Gasteiger partial charge < -0.3 is 10.1 Å². The van der Waals surface area contributed by atoms with Gasteiger partial charge in [0.2, 0.25) is 0 Å². The van der Waals surface area contributed by atoms with Gasteiger partial charge in [0, 0.05) is 6.61 Å². The molecule has 0 aromatic heterocycles. The van der Waals surface area contributed by atoms with Gasteiger partial charge in [0.1, 0.15) is 0 Å². The molecule has 1 fully saturated rings. The zero-order chi connectivity index (χ0) is 10.1. The molecule has 1 aliphatic rings. The van der Waals surface area contributed by atoms with E-state index < -0.39 is 0 Å². The Morgan fingerprint density at radius 1 is 1.14 bits per heavy atom. The first kappa shape index (κ1) is 12.0. The molecule has 2 heteroatoms. The van der Waals surface area contributed by atoms with E-state index in [1.54, 1.807) is 0 Å². The van der Waals surface area contributed by atoms with E-state index >= 15 is 0 Å². The highest BCUT2D eigenvalue weighted by molar-refractivity contribution is 4.68. The SMILES string of the molecule is CCCNCCCCCOC1CCC1. The summed E-state index contributed by atoms with van der Waals surface area (Å²) in [6.45, 7) is 5.54. The molecule has 84 valence electrons. The van der Waals surface area contributed by atoms with Crippen molar-refractivity contribution in [3.63, 3.8) is 0 Å². The third kappa shape index (κ3) is 5.61. The Morgan fingerprint density at radius 3 is 2.64 bits per heavy atom. The summed E-state index contributed by atoms with van der Waals surface area (Å²) >= 11 is 0. The fourth-order valence-electron chi connectivity index (χ4n) is 1.62. The number of hydrogen-bond donors (Lipinski definition) is 1. The monoisotopic (exact) mass is 199 g/mol. The van der Waals surface area contributed by atoms with E-state index in [1.807, 2.05) is 0 Å². The molecule has 1 N–H and O–H groups in total. The summed E-state index contributed by atoms with van der Waals surface area (Å²) in [5, 5.41) is 3.42. The smallest absolute Gasteiger partial charge is 0.0575 e. The summed E-state index contributed by atoms with van der Waals surface area (Å²) in [7, 11) is 0. The minimum absolute atomic E-state index is 0.619. The zero-order valence-corrected chi connectivity index (χ0v) is 9.56. The molecule has 0 atom stereocenters. The number of rotatable bonds is 9. The summed E-state index contributed by atoms with van der Waals surface area (Å²) in [5.41, 5.74) is 0. The summed E-state index contributed by atoms with van der Waals surface area (Å²) < 4.78 is 5.69. The lowest BCUT2D eigenvalue weighted by Crippen LogP contribution is -2.22. The summed E-state index contributed by atoms with van der Waals surface area (Å²) in [6.07, 6.45) is 9.70. The van der Waals surface area contributed by atoms with Gasteiger partial charge in [-0.05, 0) is 58.0 Å². The van der Waals surface area contributed by atoms with E-state index in [-0.39, 0.29) is 0 Å². The molecule has 0 heterocycles. The third-order valence-corrected chi connectivity index (χ3v) is 2.83. The van der Waals surface area contributed by atoms with Crippen LogP contribution in [0, 0.1) is 0 Å². The molecule has 0 unspecified atom stereocenters. The Hall–Kier alpha value is -0.0800. The summed E-state index contributed by atoms with van der Waals surface area (Å²) in [6, 6.07) is 0. The van der Waals surface area contributed by atoms with E-state index in [2.05, 4.69) is 12.2 Å². The van der Waals surface area contributed by atoms with E-state index in [0.29, 0.717) is 6.10 Å². The quantitative estimate of drug-likeness (QED) is 0.576. The molecule has 0 radical (unpaired) electrons. The van der Waals surface area contributed by atoms with Crippen molar-refractivity contribution in [1.29, 1.82) is 0 Å². The number of hydrogen-bond acceptors (Lipinski definition) is 2. The first-order valence-electron chi connectivity index (χ1n) is 6.26. The molecular formula is C12H25NO. The molecule has 1 saturated carbocycles. The minimum Gasteiger partial charge on any atom is -0.378 e. The highest BCUT2D eigenvalue weighted by Crippen LogP contribution is 2.21. The largest absolute Gasteiger partial charge is 0.378 e. The van der Waals surface area contributed by atoms with Crippen molar-refractivity contribution in [2.45, 2.75) is 58.0 Å². The van der Waals surface area contributed by atoms with E-state index in [1.165, 1.54) is 58.0 Å². The van der Waals surface area contributed by atoms with Crippen molar-refractivity contribution < 1.29 is 4.74 Å². The third-order valence-electron chi connectivity index (χ3n) is 2.83. The molecule has 0 aromatic carbocycles. The number of unbranched alkanes of at least 4 members (excludes halogenated alkanes) is 2. The Balaban J connectivity index is 1.67. The van der Waals surface area contributed by atoms with Crippen LogP contribution in [0.25, 0.3) is 0 Å². The van der Waals surface area contributed by atoms with Crippen molar-refractivity contribution in [2.75, 3.05) is 19.7 Å². The van der Waals surface area contributed by atoms with Crippen LogP contribution >= 0.6 is 0 Å². The normalized spacial score (nSPS) is 16.9. The first-order valence-corrected chi connectivity index (χ1v) is 6.26. The van der Waals surface area contributed by atoms with Crippen molar-refractivity contribution in [3.8, 4) is 0 Å². The predicted octanol–water partition coefficient (Wildman–Crippen LogP) is 2.73. The molecule has 0 amide bonds. The molecule has 0 saturated heterocycles. The van der Waals surface area contributed by atoms with Crippen molar-refractivity contribution >= 4 is 0 Å². The number of ether oxygens (including phenoxy) is 1. The lowest BCUT2D eigenvalue weighted by molar-refractivity contribution is 0.000673. The zero-order valence-electron chi connectivity index (χ0n) is 9.56. The van der Waals surface area contributed by atoms with Crippen LogP contribution in [0.15, 0.2) is 0 Å². The lowest BCUT2D eigenvalue weighted by atomic mass is 9.96. The van der Waals surface area contributed by atoms with Crippen LogP contribution in [0.1, 0.15) is 51.9 Å². The van der Waals surface area contributed by atoms with E-state index in [0.717, 1.165) is 6.61 Å². The van der Waals surface area contributed by atoms with Crippen molar-refractivity contribution in [3.05, 3.63) is 0 Å². The average Bonchev–Trinajstić information content (AvgIpc) is 2.13. The molecule has 14 heavy (non-hydrogen) atoms. The van der Waals surface area contributed by atoms with Gasteiger partial charge in [-0.15, -0.1) is 0 Å². The van der Waals surface area contributed by atoms with Gasteiger partial charge in [0.25, 0.3) is 0 Å². The van der Waals surface area contributed by atoms with E-state index in [4.69, 9.17) is 4.74 Å². The highest BCUT2D eigenvalue weighted by Gasteiger charge is 2.16. The first-order chi connectivity index (χ1) is 6.93. The van der Waals surface area contributed by atoms with Gasteiger partial charge in [-0.25, -0.2) is 0 Å².